The summed E-state index contributed by atoms with van der Waals surface area (Å²) in [4.78, 5) is -0.111. The topological polar surface area (TPSA) is 81.4 Å². The van der Waals surface area contributed by atoms with Gasteiger partial charge in [0.05, 0.1) is 22.2 Å². The largest absolute Gasteiger partial charge is 0.376 e. The minimum atomic E-state index is -3.84. The lowest BCUT2D eigenvalue weighted by molar-refractivity contribution is -0.114. The van der Waals surface area contributed by atoms with E-state index in [4.69, 9.17) is 33.7 Å². The van der Waals surface area contributed by atoms with Crippen LogP contribution in [0.3, 0.4) is 0 Å². The quantitative estimate of drug-likeness (QED) is 0.870. The number of rotatable bonds is 3. The van der Waals surface area contributed by atoms with Gasteiger partial charge in [-0.25, -0.2) is 13.1 Å². The summed E-state index contributed by atoms with van der Waals surface area (Å²) >= 11 is 11.9. The van der Waals surface area contributed by atoms with Crippen LogP contribution >= 0.6 is 23.2 Å². The van der Waals surface area contributed by atoms with Crippen molar-refractivity contribution in [1.29, 1.82) is 0 Å². The summed E-state index contributed by atoms with van der Waals surface area (Å²) < 4.78 is 33.2. The Hall–Kier alpha value is -0.370. The normalized spacial score (nSPS) is 32.3. The molecule has 5 nitrogen and oxygen atoms in total. The number of benzene rings is 1. The fourth-order valence-electron chi connectivity index (χ4n) is 3.07. The van der Waals surface area contributed by atoms with Crippen molar-refractivity contribution in [3.63, 3.8) is 0 Å². The molecule has 1 aliphatic heterocycles. The molecule has 1 aromatic carbocycles. The third kappa shape index (κ3) is 2.69. The van der Waals surface area contributed by atoms with Crippen molar-refractivity contribution >= 4 is 33.2 Å². The molecule has 21 heavy (non-hydrogen) atoms. The van der Waals surface area contributed by atoms with Gasteiger partial charge >= 0.3 is 0 Å². The molecule has 0 bridgehead atoms. The highest BCUT2D eigenvalue weighted by Crippen LogP contribution is 2.38. The first-order chi connectivity index (χ1) is 9.92. The van der Waals surface area contributed by atoms with Gasteiger partial charge in [-0.1, -0.05) is 29.3 Å². The van der Waals surface area contributed by atoms with Gasteiger partial charge < -0.3 is 10.5 Å². The van der Waals surface area contributed by atoms with E-state index in [0.717, 1.165) is 12.8 Å². The van der Waals surface area contributed by atoms with Gasteiger partial charge in [0.1, 0.15) is 4.90 Å². The molecule has 0 spiro atoms. The highest BCUT2D eigenvalue weighted by Gasteiger charge is 2.52. The van der Waals surface area contributed by atoms with Crippen LogP contribution < -0.4 is 10.5 Å². The van der Waals surface area contributed by atoms with Crippen LogP contribution in [-0.4, -0.2) is 33.2 Å². The zero-order valence-corrected chi connectivity index (χ0v) is 13.5. The zero-order valence-electron chi connectivity index (χ0n) is 11.1. The molecule has 1 aromatic rings. The standard InChI is InChI=1S/C13H16Cl2N2O3S/c14-8-4-1-5-9(15)13(8)21(18,19)17-11-10(16)7-3-2-6-20-12(7)11/h1,4-5,7,10-12,17H,2-3,6,16H2. The second-order valence-corrected chi connectivity index (χ2v) is 7.88. The average molecular weight is 351 g/mol. The van der Waals surface area contributed by atoms with Crippen molar-refractivity contribution in [2.45, 2.75) is 35.9 Å². The molecule has 1 saturated carbocycles. The van der Waals surface area contributed by atoms with Crippen LogP contribution in [0.4, 0.5) is 0 Å². The van der Waals surface area contributed by atoms with Crippen molar-refractivity contribution in [2.75, 3.05) is 6.61 Å². The van der Waals surface area contributed by atoms with Crippen LogP contribution in [0.1, 0.15) is 12.8 Å². The molecule has 8 heteroatoms. The van der Waals surface area contributed by atoms with Crippen LogP contribution in [0.2, 0.25) is 10.0 Å². The average Bonchev–Trinajstić information content (AvgIpc) is 2.44. The van der Waals surface area contributed by atoms with Crippen molar-refractivity contribution in [3.05, 3.63) is 28.2 Å². The Balaban J connectivity index is 1.84. The molecule has 3 N–H and O–H groups in total. The first-order valence-electron chi connectivity index (χ1n) is 6.75. The number of halogens is 2. The Kier molecular flexibility index (Phi) is 4.20. The first-order valence-corrected chi connectivity index (χ1v) is 8.99. The van der Waals surface area contributed by atoms with Crippen LogP contribution in [0, 0.1) is 5.92 Å². The maximum absolute atomic E-state index is 12.5. The summed E-state index contributed by atoms with van der Waals surface area (Å²) in [5.41, 5.74) is 6.07. The Morgan fingerprint density at radius 3 is 2.62 bits per heavy atom. The van der Waals surface area contributed by atoms with E-state index < -0.39 is 16.1 Å². The lowest BCUT2D eigenvalue weighted by Crippen LogP contribution is -2.71. The van der Waals surface area contributed by atoms with E-state index in [-0.39, 0.29) is 33.0 Å². The Bertz CT molecular complexity index is 633. The van der Waals surface area contributed by atoms with E-state index in [1.165, 1.54) is 12.1 Å². The molecule has 0 radical (unpaired) electrons. The fourth-order valence-corrected chi connectivity index (χ4v) is 5.49. The summed E-state index contributed by atoms with van der Waals surface area (Å²) in [7, 11) is -3.84. The van der Waals surface area contributed by atoms with Gasteiger partial charge in [0, 0.05) is 18.6 Å². The van der Waals surface area contributed by atoms with Gasteiger partial charge in [-0.15, -0.1) is 0 Å². The van der Waals surface area contributed by atoms with E-state index in [1.807, 2.05) is 0 Å². The molecule has 2 fully saturated rings. The van der Waals surface area contributed by atoms with Crippen LogP contribution in [-0.2, 0) is 14.8 Å². The monoisotopic (exact) mass is 350 g/mol. The van der Waals surface area contributed by atoms with Crippen molar-refractivity contribution in [1.82, 2.24) is 4.72 Å². The van der Waals surface area contributed by atoms with Crippen molar-refractivity contribution in [3.8, 4) is 0 Å². The van der Waals surface area contributed by atoms with E-state index in [0.29, 0.717) is 6.61 Å². The molecule has 1 saturated heterocycles. The summed E-state index contributed by atoms with van der Waals surface area (Å²) in [6.45, 7) is 0.638. The van der Waals surface area contributed by atoms with Crippen LogP contribution in [0.5, 0.6) is 0 Å². The van der Waals surface area contributed by atoms with E-state index in [1.54, 1.807) is 6.07 Å². The molecule has 4 atom stereocenters. The van der Waals surface area contributed by atoms with Gasteiger partial charge in [0.2, 0.25) is 10.0 Å². The minimum absolute atomic E-state index is 0.0870. The summed E-state index contributed by atoms with van der Waals surface area (Å²) in [6, 6.07) is 3.89. The number of fused-ring (bicyclic) bond motifs is 1. The molecule has 1 aliphatic carbocycles. The van der Waals surface area contributed by atoms with Crippen LogP contribution in [0.15, 0.2) is 23.1 Å². The van der Waals surface area contributed by atoms with Crippen LogP contribution in [0.25, 0.3) is 0 Å². The second kappa shape index (κ2) is 5.68. The predicted octanol–water partition coefficient (Wildman–Crippen LogP) is 1.78. The summed E-state index contributed by atoms with van der Waals surface area (Å²) in [5.74, 6) is 0.216. The highest BCUT2D eigenvalue weighted by atomic mass is 35.5. The molecule has 0 amide bonds. The Labute approximate surface area is 133 Å². The number of hydrogen-bond acceptors (Lipinski definition) is 4. The van der Waals surface area contributed by atoms with Crippen molar-refractivity contribution < 1.29 is 13.2 Å². The molecule has 0 aromatic heterocycles. The van der Waals surface area contributed by atoms with Crippen molar-refractivity contribution in [2.24, 2.45) is 11.7 Å². The maximum atomic E-state index is 12.5. The number of nitrogens with one attached hydrogen (secondary N) is 1. The van der Waals surface area contributed by atoms with Gasteiger partial charge in [-0.3, -0.25) is 0 Å². The number of hydrogen-bond donors (Lipinski definition) is 2. The number of sulfonamides is 1. The summed E-state index contributed by atoms with van der Waals surface area (Å²) in [6.07, 6.45) is 1.77. The molecular weight excluding hydrogens is 335 g/mol. The minimum Gasteiger partial charge on any atom is -0.376 e. The Morgan fingerprint density at radius 1 is 1.29 bits per heavy atom. The third-order valence-electron chi connectivity index (χ3n) is 4.16. The fraction of sp³-hybridized carbons (Fsp3) is 0.538. The van der Waals surface area contributed by atoms with E-state index in [2.05, 4.69) is 4.72 Å². The molecule has 3 rings (SSSR count). The second-order valence-electron chi connectivity index (χ2n) is 5.42. The zero-order chi connectivity index (χ0) is 15.2. The van der Waals surface area contributed by atoms with E-state index >= 15 is 0 Å². The molecule has 4 unspecified atom stereocenters. The van der Waals surface area contributed by atoms with Gasteiger partial charge in [0.15, 0.2) is 0 Å². The first kappa shape index (κ1) is 15.5. The van der Waals surface area contributed by atoms with E-state index in [9.17, 15) is 8.42 Å². The third-order valence-corrected chi connectivity index (χ3v) is 6.57. The molecule has 1 heterocycles. The maximum Gasteiger partial charge on any atom is 0.243 e. The smallest absolute Gasteiger partial charge is 0.243 e. The number of ether oxygens (including phenoxy) is 1. The SMILES string of the molecule is NC1C2CCCOC2C1NS(=O)(=O)c1c(Cl)cccc1Cl. The Morgan fingerprint density at radius 2 is 1.95 bits per heavy atom. The van der Waals surface area contributed by atoms with Gasteiger partial charge in [-0.2, -0.15) is 0 Å². The lowest BCUT2D eigenvalue weighted by atomic mass is 9.69. The molecule has 116 valence electrons. The molecular formula is C13H16Cl2N2O3S. The predicted molar refractivity (Wildman–Crippen MR) is 81.0 cm³/mol. The van der Waals surface area contributed by atoms with Gasteiger partial charge in [0.25, 0.3) is 0 Å². The summed E-state index contributed by atoms with van der Waals surface area (Å²) in [5, 5.41) is 0.174. The molecule has 2 aliphatic rings. The van der Waals surface area contributed by atoms with Gasteiger partial charge in [-0.05, 0) is 25.0 Å². The number of nitrogens with two attached hydrogens (primary N) is 1. The lowest BCUT2D eigenvalue weighted by Gasteiger charge is -2.52. The highest BCUT2D eigenvalue weighted by molar-refractivity contribution is 7.89.